The highest BCUT2D eigenvalue weighted by molar-refractivity contribution is 6.58. The predicted molar refractivity (Wildman–Crippen MR) is 42.5 cm³/mol. The van der Waals surface area contributed by atoms with E-state index in [1.165, 1.54) is 0 Å². The highest BCUT2D eigenvalue weighted by atomic mass is 28.5. The molecule has 0 rings (SSSR count). The second kappa shape index (κ2) is 5.68. The van der Waals surface area contributed by atoms with E-state index in [-0.39, 0.29) is 6.42 Å². The van der Waals surface area contributed by atoms with E-state index in [0.717, 1.165) is 0 Å². The predicted octanol–water partition coefficient (Wildman–Crippen LogP) is 2.42. The van der Waals surface area contributed by atoms with Crippen LogP contribution in [-0.2, 0) is 0 Å². The molecule has 0 spiro atoms. The molecular formula is C5H11F5Si2. The molecular weight excluding hydrogens is 211 g/mol. The maximum absolute atomic E-state index is 11.6. The van der Waals surface area contributed by atoms with Crippen LogP contribution < -0.4 is 0 Å². The normalized spacial score (nSPS) is 13.5. The lowest BCUT2D eigenvalue weighted by molar-refractivity contribution is 0.237. The van der Waals surface area contributed by atoms with Crippen LogP contribution in [0.5, 0.6) is 0 Å². The SMILES string of the molecule is FC(F)[SiH2]CCCC[Si](F)(F)F. The molecule has 0 saturated carbocycles. The minimum absolute atomic E-state index is 0.0510. The van der Waals surface area contributed by atoms with Crippen molar-refractivity contribution in [3.8, 4) is 0 Å². The third-order valence-corrected chi connectivity index (χ3v) is 3.65. The largest absolute Gasteiger partial charge is 0.616 e. The molecule has 0 aromatic heterocycles. The molecule has 0 N–H and O–H groups in total. The number of hydrogen-bond donors (Lipinski definition) is 0. The third kappa shape index (κ3) is 10.1. The molecule has 0 heterocycles. The van der Waals surface area contributed by atoms with Crippen LogP contribution >= 0.6 is 0 Å². The summed E-state index contributed by atoms with van der Waals surface area (Å²) in [7, 11) is -6.81. The lowest BCUT2D eigenvalue weighted by Crippen LogP contribution is -2.13. The molecule has 0 aliphatic rings. The summed E-state index contributed by atoms with van der Waals surface area (Å²) < 4.78 is 58.0. The first-order chi connectivity index (χ1) is 5.42. The number of halogens is 5. The van der Waals surface area contributed by atoms with Crippen LogP contribution in [0.25, 0.3) is 0 Å². The number of alkyl halides is 2. The Morgan fingerprint density at radius 2 is 1.67 bits per heavy atom. The summed E-state index contributed by atoms with van der Waals surface area (Å²) in [6, 6.07) is -2.61. The van der Waals surface area contributed by atoms with Gasteiger partial charge in [-0.1, -0.05) is 12.5 Å². The fourth-order valence-corrected chi connectivity index (χ4v) is 2.40. The summed E-state index contributed by atoms with van der Waals surface area (Å²) in [4.78, 5) is 0. The van der Waals surface area contributed by atoms with E-state index in [4.69, 9.17) is 0 Å². The van der Waals surface area contributed by atoms with E-state index in [1.54, 1.807) is 0 Å². The highest BCUT2D eigenvalue weighted by Gasteiger charge is 2.35. The maximum atomic E-state index is 11.6. The summed E-state index contributed by atoms with van der Waals surface area (Å²) >= 11 is 0. The van der Waals surface area contributed by atoms with Gasteiger partial charge in [-0.15, -0.1) is 0 Å². The molecule has 0 fully saturated rings. The lowest BCUT2D eigenvalue weighted by Gasteiger charge is -2.01. The topological polar surface area (TPSA) is 0 Å². The van der Waals surface area contributed by atoms with E-state index in [9.17, 15) is 21.1 Å². The maximum Gasteiger partial charge on any atom is 0.616 e. The van der Waals surface area contributed by atoms with Gasteiger partial charge < -0.3 is 0 Å². The van der Waals surface area contributed by atoms with E-state index in [1.807, 2.05) is 0 Å². The Hall–Kier alpha value is 0.0838. The summed E-state index contributed by atoms with van der Waals surface area (Å²) in [5, 5.41) is 0. The Labute approximate surface area is 71.5 Å². The number of unbranched alkanes of at least 4 members (excludes halogenated alkanes) is 1. The molecule has 0 amide bonds. The second-order valence-electron chi connectivity index (χ2n) is 2.61. The molecule has 0 aliphatic heterocycles. The monoisotopic (exact) mass is 222 g/mol. The molecule has 0 bridgehead atoms. The van der Waals surface area contributed by atoms with Crippen LogP contribution in [0.1, 0.15) is 12.8 Å². The zero-order valence-corrected chi connectivity index (χ0v) is 8.92. The molecule has 0 radical (unpaired) electrons. The zero-order valence-electron chi connectivity index (χ0n) is 6.50. The van der Waals surface area contributed by atoms with Crippen molar-refractivity contribution >= 4 is 18.6 Å². The molecule has 7 heteroatoms. The molecule has 0 aliphatic carbocycles. The fourth-order valence-electron chi connectivity index (χ4n) is 0.801. The quantitative estimate of drug-likeness (QED) is 0.280. The van der Waals surface area contributed by atoms with Crippen LogP contribution in [-0.4, -0.2) is 24.6 Å². The Kier molecular flexibility index (Phi) is 5.72. The number of rotatable bonds is 6. The van der Waals surface area contributed by atoms with E-state index >= 15 is 0 Å². The zero-order chi connectivity index (χ0) is 9.61. The molecule has 0 nitrogen and oxygen atoms in total. The minimum Gasteiger partial charge on any atom is -0.238 e. The van der Waals surface area contributed by atoms with Crippen molar-refractivity contribution < 1.29 is 21.1 Å². The van der Waals surface area contributed by atoms with Gasteiger partial charge in [0.05, 0.1) is 0 Å². The highest BCUT2D eigenvalue weighted by Crippen LogP contribution is 2.18. The van der Waals surface area contributed by atoms with Crippen LogP contribution in [0.4, 0.5) is 21.1 Å². The first-order valence-electron chi connectivity index (χ1n) is 3.77. The minimum atomic E-state index is -5.41. The van der Waals surface area contributed by atoms with Crippen molar-refractivity contribution in [1.82, 2.24) is 0 Å². The van der Waals surface area contributed by atoms with E-state index < -0.39 is 30.7 Å². The lowest BCUT2D eigenvalue weighted by atomic mass is 10.4. The molecule has 0 atom stereocenters. The van der Waals surface area contributed by atoms with Crippen molar-refractivity contribution in [3.05, 3.63) is 0 Å². The van der Waals surface area contributed by atoms with Crippen LogP contribution in [0.15, 0.2) is 0 Å². The average Bonchev–Trinajstić information content (AvgIpc) is 1.83. The molecule has 0 aromatic rings. The smallest absolute Gasteiger partial charge is 0.238 e. The van der Waals surface area contributed by atoms with Crippen molar-refractivity contribution in [2.24, 2.45) is 0 Å². The Bertz CT molecular complexity index is 113. The average molecular weight is 222 g/mol. The van der Waals surface area contributed by atoms with Crippen molar-refractivity contribution in [1.29, 1.82) is 0 Å². The summed E-state index contributed by atoms with van der Waals surface area (Å²) in [5.41, 5.74) is 0. The van der Waals surface area contributed by atoms with Gasteiger partial charge in [-0.2, -0.15) is 0 Å². The van der Waals surface area contributed by atoms with Crippen LogP contribution in [0.2, 0.25) is 12.1 Å². The van der Waals surface area contributed by atoms with Crippen molar-refractivity contribution in [2.45, 2.75) is 31.0 Å². The number of hydrogen-bond acceptors (Lipinski definition) is 0. The van der Waals surface area contributed by atoms with Gasteiger partial charge in [-0.05, 0) is 6.42 Å². The summed E-state index contributed by atoms with van der Waals surface area (Å²) in [6.45, 7) is 0. The summed E-state index contributed by atoms with van der Waals surface area (Å²) in [6.07, 6.45) is 0.374. The van der Waals surface area contributed by atoms with Gasteiger partial charge in [0.1, 0.15) is 9.52 Å². The van der Waals surface area contributed by atoms with Gasteiger partial charge in [-0.3, -0.25) is 0 Å². The fraction of sp³-hybridized carbons (Fsp3) is 1.00. The molecule has 12 heavy (non-hydrogen) atoms. The molecule has 0 unspecified atom stereocenters. The van der Waals surface area contributed by atoms with E-state index in [0.29, 0.717) is 12.5 Å². The van der Waals surface area contributed by atoms with Gasteiger partial charge >= 0.3 is 9.08 Å². The molecule has 0 saturated heterocycles. The van der Waals surface area contributed by atoms with Crippen molar-refractivity contribution in [2.75, 3.05) is 0 Å². The first kappa shape index (κ1) is 12.1. The van der Waals surface area contributed by atoms with Crippen LogP contribution in [0, 0.1) is 0 Å². The van der Waals surface area contributed by atoms with Gasteiger partial charge in [0.2, 0.25) is 6.05 Å². The van der Waals surface area contributed by atoms with Crippen LogP contribution in [0.3, 0.4) is 0 Å². The van der Waals surface area contributed by atoms with Crippen molar-refractivity contribution in [3.63, 3.8) is 0 Å². The van der Waals surface area contributed by atoms with Gasteiger partial charge in [0.15, 0.2) is 0 Å². The third-order valence-electron chi connectivity index (χ3n) is 1.38. The van der Waals surface area contributed by atoms with Gasteiger partial charge in [0, 0.05) is 6.04 Å². The first-order valence-corrected chi connectivity index (χ1v) is 7.42. The molecule has 74 valence electrons. The van der Waals surface area contributed by atoms with Gasteiger partial charge in [-0.25, -0.2) is 21.1 Å². The second-order valence-corrected chi connectivity index (χ2v) is 6.24. The Morgan fingerprint density at radius 1 is 1.08 bits per heavy atom. The summed E-state index contributed by atoms with van der Waals surface area (Å²) in [5.74, 6) is 0. The standard InChI is InChI=1S/C5H11F5Si2/c6-5(7)11-3-1-2-4-12(8,9)10/h5H,1-4,11H2. The molecule has 0 aromatic carbocycles. The van der Waals surface area contributed by atoms with Gasteiger partial charge in [0.25, 0.3) is 0 Å². The Morgan fingerprint density at radius 3 is 2.08 bits per heavy atom. The van der Waals surface area contributed by atoms with E-state index in [2.05, 4.69) is 0 Å². The Balaban J connectivity index is 3.12.